The van der Waals surface area contributed by atoms with E-state index in [1.165, 1.54) is 36.6 Å². The van der Waals surface area contributed by atoms with Gasteiger partial charge in [0, 0.05) is 17.7 Å². The number of carboxylic acids is 1. The van der Waals surface area contributed by atoms with Gasteiger partial charge in [0.2, 0.25) is 5.76 Å². The third kappa shape index (κ3) is 4.37. The van der Waals surface area contributed by atoms with Crippen LogP contribution in [0.2, 0.25) is 0 Å². The van der Waals surface area contributed by atoms with Gasteiger partial charge in [0.1, 0.15) is 6.61 Å². The molecule has 8 nitrogen and oxygen atoms in total. The molecule has 35 heavy (non-hydrogen) atoms. The third-order valence-corrected chi connectivity index (χ3v) is 5.84. The maximum atomic E-state index is 12.6. The molecule has 3 N–H and O–H groups in total. The van der Waals surface area contributed by atoms with Crippen molar-refractivity contribution in [2.75, 3.05) is 17.2 Å². The molecule has 0 spiro atoms. The van der Waals surface area contributed by atoms with Crippen LogP contribution < -0.4 is 10.6 Å². The van der Waals surface area contributed by atoms with E-state index in [1.54, 1.807) is 0 Å². The Kier molecular flexibility index (Phi) is 5.76. The first kappa shape index (κ1) is 22.0. The molecule has 1 aliphatic rings. The largest absolute Gasteiger partial charge is 0.478 e. The fourth-order valence-electron chi connectivity index (χ4n) is 4.21. The summed E-state index contributed by atoms with van der Waals surface area (Å²) in [6.45, 7) is 0.134. The van der Waals surface area contributed by atoms with Crippen LogP contribution in [-0.4, -0.2) is 29.7 Å². The molecule has 1 aliphatic carbocycles. The van der Waals surface area contributed by atoms with Gasteiger partial charge in [-0.1, -0.05) is 48.5 Å². The molecule has 2 amide bonds. The van der Waals surface area contributed by atoms with Gasteiger partial charge in [0.15, 0.2) is 0 Å². The lowest BCUT2D eigenvalue weighted by Crippen LogP contribution is -2.20. The van der Waals surface area contributed by atoms with Crippen molar-refractivity contribution in [1.82, 2.24) is 0 Å². The Morgan fingerprint density at radius 2 is 1.46 bits per heavy atom. The summed E-state index contributed by atoms with van der Waals surface area (Å²) in [5.41, 5.74) is 5.08. The van der Waals surface area contributed by atoms with Gasteiger partial charge in [-0.3, -0.25) is 10.1 Å². The van der Waals surface area contributed by atoms with E-state index in [0.29, 0.717) is 5.69 Å². The van der Waals surface area contributed by atoms with Crippen molar-refractivity contribution in [2.45, 2.75) is 5.92 Å². The lowest BCUT2D eigenvalue weighted by atomic mass is 9.98. The zero-order chi connectivity index (χ0) is 24.4. The Morgan fingerprint density at radius 3 is 2.09 bits per heavy atom. The van der Waals surface area contributed by atoms with Crippen LogP contribution in [0.4, 0.5) is 16.2 Å². The van der Waals surface area contributed by atoms with Crippen LogP contribution in [0.5, 0.6) is 0 Å². The summed E-state index contributed by atoms with van der Waals surface area (Å²) in [4.78, 5) is 36.2. The predicted molar refractivity (Wildman–Crippen MR) is 129 cm³/mol. The fourth-order valence-corrected chi connectivity index (χ4v) is 4.21. The van der Waals surface area contributed by atoms with Crippen LogP contribution >= 0.6 is 0 Å². The van der Waals surface area contributed by atoms with Gasteiger partial charge in [0.25, 0.3) is 5.91 Å². The van der Waals surface area contributed by atoms with E-state index >= 15 is 0 Å². The number of carbonyl (C=O) groups excluding carboxylic acids is 2. The highest BCUT2D eigenvalue weighted by atomic mass is 16.5. The molecule has 8 heteroatoms. The van der Waals surface area contributed by atoms with E-state index in [1.807, 2.05) is 36.4 Å². The molecule has 0 bridgehead atoms. The zero-order valence-electron chi connectivity index (χ0n) is 18.4. The van der Waals surface area contributed by atoms with E-state index in [-0.39, 0.29) is 29.5 Å². The van der Waals surface area contributed by atoms with Crippen LogP contribution in [0.3, 0.4) is 0 Å². The Labute approximate surface area is 200 Å². The number of anilines is 2. The van der Waals surface area contributed by atoms with Crippen molar-refractivity contribution in [1.29, 1.82) is 0 Å². The topological polar surface area (TPSA) is 118 Å². The Bertz CT molecular complexity index is 1380. The van der Waals surface area contributed by atoms with Crippen molar-refractivity contribution >= 4 is 29.3 Å². The molecule has 3 aromatic carbocycles. The molecule has 0 fully saturated rings. The predicted octanol–water partition coefficient (Wildman–Crippen LogP) is 5.59. The number of carbonyl (C=O) groups is 3. The Balaban J connectivity index is 1.24. The SMILES string of the molecule is O=C(Nc1ccoc1C(=O)Nc1ccc(C(=O)O)cc1)OCC1c2ccccc2-c2ccccc21. The molecule has 5 rings (SSSR count). The van der Waals surface area contributed by atoms with Crippen molar-refractivity contribution in [2.24, 2.45) is 0 Å². The van der Waals surface area contributed by atoms with Crippen LogP contribution in [-0.2, 0) is 4.74 Å². The second kappa shape index (κ2) is 9.18. The quantitative estimate of drug-likeness (QED) is 0.339. The zero-order valence-corrected chi connectivity index (χ0v) is 18.4. The van der Waals surface area contributed by atoms with Crippen molar-refractivity contribution in [3.05, 3.63) is 108 Å². The smallest absolute Gasteiger partial charge is 0.411 e. The highest BCUT2D eigenvalue weighted by Crippen LogP contribution is 2.44. The third-order valence-electron chi connectivity index (χ3n) is 5.84. The van der Waals surface area contributed by atoms with Gasteiger partial charge >= 0.3 is 12.1 Å². The van der Waals surface area contributed by atoms with E-state index in [2.05, 4.69) is 22.8 Å². The molecule has 0 unspecified atom stereocenters. The molecule has 4 aromatic rings. The maximum Gasteiger partial charge on any atom is 0.411 e. The molecule has 174 valence electrons. The average molecular weight is 468 g/mol. The van der Waals surface area contributed by atoms with Gasteiger partial charge in [-0.25, -0.2) is 9.59 Å². The normalized spacial score (nSPS) is 11.9. The first-order valence-corrected chi connectivity index (χ1v) is 10.9. The Morgan fingerprint density at radius 1 is 0.829 bits per heavy atom. The molecule has 1 heterocycles. The lowest BCUT2D eigenvalue weighted by molar-refractivity contribution is 0.0696. The van der Waals surface area contributed by atoms with E-state index in [4.69, 9.17) is 14.3 Å². The molecule has 0 aliphatic heterocycles. The van der Waals surface area contributed by atoms with Gasteiger partial charge in [-0.05, 0) is 46.5 Å². The average Bonchev–Trinajstić information content (AvgIpc) is 3.45. The van der Waals surface area contributed by atoms with E-state index in [0.717, 1.165) is 22.3 Å². The Hall–Kier alpha value is -4.85. The minimum Gasteiger partial charge on any atom is -0.478 e. The molecular formula is C27H20N2O6. The van der Waals surface area contributed by atoms with Crippen molar-refractivity contribution < 1.29 is 28.6 Å². The van der Waals surface area contributed by atoms with Gasteiger partial charge in [-0.2, -0.15) is 0 Å². The second-order valence-corrected chi connectivity index (χ2v) is 7.95. The lowest BCUT2D eigenvalue weighted by Gasteiger charge is -2.14. The number of rotatable bonds is 6. The molecule has 1 aromatic heterocycles. The van der Waals surface area contributed by atoms with Crippen LogP contribution in [0.15, 0.2) is 89.5 Å². The molecule has 0 saturated heterocycles. The van der Waals surface area contributed by atoms with Crippen molar-refractivity contribution in [3.8, 4) is 11.1 Å². The first-order chi connectivity index (χ1) is 17.0. The summed E-state index contributed by atoms with van der Waals surface area (Å²) in [6, 6.07) is 23.2. The molecular weight excluding hydrogens is 448 g/mol. The molecule has 0 atom stereocenters. The van der Waals surface area contributed by atoms with Gasteiger partial charge in [0.05, 0.1) is 17.5 Å². The molecule has 0 saturated carbocycles. The number of benzene rings is 3. The monoisotopic (exact) mass is 468 g/mol. The number of aromatic carboxylic acids is 1. The summed E-state index contributed by atoms with van der Waals surface area (Å²) in [5, 5.41) is 14.1. The number of hydrogen-bond acceptors (Lipinski definition) is 5. The number of nitrogens with one attached hydrogen (secondary N) is 2. The van der Waals surface area contributed by atoms with Gasteiger partial charge in [-0.15, -0.1) is 0 Å². The highest BCUT2D eigenvalue weighted by Gasteiger charge is 2.29. The number of amides is 2. The number of carboxylic acid groups (broad SMARTS) is 1. The summed E-state index contributed by atoms with van der Waals surface area (Å²) in [5.74, 6) is -1.87. The fraction of sp³-hybridized carbons (Fsp3) is 0.0741. The summed E-state index contributed by atoms with van der Waals surface area (Å²) in [6.07, 6.45) is 0.565. The van der Waals surface area contributed by atoms with Crippen LogP contribution in [0, 0.1) is 0 Å². The summed E-state index contributed by atoms with van der Waals surface area (Å²) in [7, 11) is 0. The van der Waals surface area contributed by atoms with Gasteiger partial charge < -0.3 is 19.6 Å². The minimum absolute atomic E-state index is 0.0888. The summed E-state index contributed by atoms with van der Waals surface area (Å²) < 4.78 is 10.8. The summed E-state index contributed by atoms with van der Waals surface area (Å²) >= 11 is 0. The van der Waals surface area contributed by atoms with E-state index < -0.39 is 18.0 Å². The van der Waals surface area contributed by atoms with Crippen LogP contribution in [0.1, 0.15) is 38.0 Å². The highest BCUT2D eigenvalue weighted by molar-refractivity contribution is 6.07. The standard InChI is InChI=1S/C27H20N2O6/c30-25(28-17-11-9-16(10-12-17)26(31)32)24-23(13-14-34-24)29-27(33)35-15-22-20-7-3-1-5-18(20)19-6-2-4-8-21(19)22/h1-14,22H,15H2,(H,28,30)(H,29,33)(H,31,32). The molecule has 0 radical (unpaired) electrons. The minimum atomic E-state index is -1.07. The number of furan rings is 1. The second-order valence-electron chi connectivity index (χ2n) is 7.95. The number of fused-ring (bicyclic) bond motifs is 3. The number of hydrogen-bond donors (Lipinski definition) is 3. The van der Waals surface area contributed by atoms with Crippen molar-refractivity contribution in [3.63, 3.8) is 0 Å². The first-order valence-electron chi connectivity index (χ1n) is 10.9. The maximum absolute atomic E-state index is 12.6. The van der Waals surface area contributed by atoms with Crippen LogP contribution in [0.25, 0.3) is 11.1 Å². The number of ether oxygens (including phenoxy) is 1. The van der Waals surface area contributed by atoms with E-state index in [9.17, 15) is 14.4 Å².